The highest BCUT2D eigenvalue weighted by Gasteiger charge is 2.40. The molecule has 1 atom stereocenters. The van der Waals surface area contributed by atoms with Gasteiger partial charge in [0.05, 0.1) is 14.2 Å². The number of methoxy groups -OCH3 is 2. The summed E-state index contributed by atoms with van der Waals surface area (Å²) < 4.78 is 16.3. The monoisotopic (exact) mass is 583 g/mol. The van der Waals surface area contributed by atoms with Gasteiger partial charge in [0.2, 0.25) is 5.91 Å². The van der Waals surface area contributed by atoms with Gasteiger partial charge in [-0.25, -0.2) is 4.79 Å². The van der Waals surface area contributed by atoms with Crippen LogP contribution in [0.15, 0.2) is 79.0 Å². The van der Waals surface area contributed by atoms with Crippen LogP contribution >= 0.6 is 0 Å². The van der Waals surface area contributed by atoms with Crippen molar-refractivity contribution in [3.8, 4) is 11.5 Å². The van der Waals surface area contributed by atoms with Gasteiger partial charge in [-0.2, -0.15) is 0 Å². The lowest BCUT2D eigenvalue weighted by molar-refractivity contribution is -0.127. The molecule has 8 nitrogen and oxygen atoms in total. The molecule has 3 N–H and O–H groups in total. The Bertz CT molecular complexity index is 1540. The van der Waals surface area contributed by atoms with Crippen molar-refractivity contribution in [2.75, 3.05) is 20.8 Å². The Labute approximate surface area is 253 Å². The van der Waals surface area contributed by atoms with Gasteiger partial charge < -0.3 is 29.8 Å². The number of aromatic nitrogens is 1. The van der Waals surface area contributed by atoms with Crippen LogP contribution in [-0.4, -0.2) is 43.3 Å². The van der Waals surface area contributed by atoms with Crippen molar-refractivity contribution < 1.29 is 23.8 Å². The summed E-state index contributed by atoms with van der Waals surface area (Å²) in [6.45, 7) is 2.27. The van der Waals surface area contributed by atoms with Crippen molar-refractivity contribution in [3.05, 3.63) is 95.7 Å². The summed E-state index contributed by atoms with van der Waals surface area (Å²) >= 11 is 0. The van der Waals surface area contributed by atoms with Crippen LogP contribution in [-0.2, 0) is 28.0 Å². The molecule has 8 heteroatoms. The summed E-state index contributed by atoms with van der Waals surface area (Å²) in [4.78, 5) is 30.6. The van der Waals surface area contributed by atoms with Gasteiger partial charge in [-0.05, 0) is 54.7 Å². The van der Waals surface area contributed by atoms with Crippen LogP contribution in [0.3, 0.4) is 0 Å². The van der Waals surface area contributed by atoms with Crippen molar-refractivity contribution in [2.45, 2.75) is 63.0 Å². The zero-order valence-corrected chi connectivity index (χ0v) is 25.2. The number of carbonyl (C=O) groups excluding carboxylic acids is 2. The lowest BCUT2D eigenvalue weighted by Gasteiger charge is -2.39. The van der Waals surface area contributed by atoms with E-state index in [2.05, 4.69) is 39.9 Å². The number of benzene rings is 3. The second-order valence-electron chi connectivity index (χ2n) is 11.6. The molecule has 0 radical (unpaired) electrons. The number of alkyl carbamates (subject to hydrolysis) is 1. The molecule has 0 saturated heterocycles. The van der Waals surface area contributed by atoms with Crippen molar-refractivity contribution in [1.82, 2.24) is 15.6 Å². The van der Waals surface area contributed by atoms with Gasteiger partial charge in [0.25, 0.3) is 0 Å². The van der Waals surface area contributed by atoms with Gasteiger partial charge in [0, 0.05) is 35.5 Å². The molecular weight excluding hydrogens is 542 g/mol. The molecule has 1 fully saturated rings. The molecule has 3 aromatic carbocycles. The van der Waals surface area contributed by atoms with Crippen LogP contribution in [0.25, 0.3) is 10.9 Å². The lowest BCUT2D eigenvalue weighted by Crippen LogP contribution is -2.59. The van der Waals surface area contributed by atoms with Crippen LogP contribution in [0.5, 0.6) is 11.5 Å². The molecule has 2 amide bonds. The Balaban J connectivity index is 1.35. The standard InChI is InChI=1S/C35H41N3O5/c1-34(21-26-22-36-29-15-9-8-14-28(26)29,38-33(40)43-23-25-16-17-30(41-2)31(20-25)42-3)32(39)37-24-35(18-10-5-11-19-35)27-12-6-4-7-13-27/h4,6-9,12-17,20,22,36H,5,10-11,18-19,21,23-24H2,1-3H3,(H,37,39)(H,38,40). The molecule has 1 heterocycles. The Morgan fingerprint density at radius 2 is 1.63 bits per heavy atom. The molecule has 1 unspecified atom stereocenters. The van der Waals surface area contributed by atoms with E-state index in [1.165, 1.54) is 12.0 Å². The zero-order chi connectivity index (χ0) is 30.3. The summed E-state index contributed by atoms with van der Waals surface area (Å²) in [5, 5.41) is 7.17. The van der Waals surface area contributed by atoms with Crippen LogP contribution < -0.4 is 20.1 Å². The van der Waals surface area contributed by atoms with Crippen LogP contribution in [0.2, 0.25) is 0 Å². The fourth-order valence-electron chi connectivity index (χ4n) is 6.25. The zero-order valence-electron chi connectivity index (χ0n) is 25.2. The number of H-pyrrole nitrogens is 1. The third kappa shape index (κ3) is 6.79. The van der Waals surface area contributed by atoms with Gasteiger partial charge in [-0.3, -0.25) is 4.79 Å². The Kier molecular flexibility index (Phi) is 9.24. The molecule has 0 aliphatic heterocycles. The quantitative estimate of drug-likeness (QED) is 0.189. The maximum atomic E-state index is 14.1. The lowest BCUT2D eigenvalue weighted by atomic mass is 9.69. The van der Waals surface area contributed by atoms with E-state index >= 15 is 0 Å². The topological polar surface area (TPSA) is 102 Å². The van der Waals surface area contributed by atoms with Crippen molar-refractivity contribution in [1.29, 1.82) is 0 Å². The van der Waals surface area contributed by atoms with Crippen molar-refractivity contribution >= 4 is 22.9 Å². The highest BCUT2D eigenvalue weighted by Crippen LogP contribution is 2.39. The first-order valence-corrected chi connectivity index (χ1v) is 14.9. The molecule has 0 bridgehead atoms. The third-order valence-electron chi connectivity index (χ3n) is 8.70. The van der Waals surface area contributed by atoms with E-state index in [1.807, 2.05) is 36.5 Å². The number of hydrogen-bond donors (Lipinski definition) is 3. The normalized spacial score (nSPS) is 15.7. The van der Waals surface area contributed by atoms with Crippen LogP contribution in [0.1, 0.15) is 55.7 Å². The molecular formula is C35H41N3O5. The summed E-state index contributed by atoms with van der Waals surface area (Å²) in [5.74, 6) is 0.884. The second kappa shape index (κ2) is 13.2. The Hall–Kier alpha value is -4.46. The number of ether oxygens (including phenoxy) is 3. The molecule has 43 heavy (non-hydrogen) atoms. The molecule has 1 aliphatic rings. The smallest absolute Gasteiger partial charge is 0.408 e. The molecule has 4 aromatic rings. The minimum absolute atomic E-state index is 0.00803. The third-order valence-corrected chi connectivity index (χ3v) is 8.70. The predicted octanol–water partition coefficient (Wildman–Crippen LogP) is 6.43. The molecule has 226 valence electrons. The van der Waals surface area contributed by atoms with Gasteiger partial charge in [0.1, 0.15) is 12.1 Å². The van der Waals surface area contributed by atoms with Crippen LogP contribution in [0, 0.1) is 0 Å². The first-order valence-electron chi connectivity index (χ1n) is 14.9. The van der Waals surface area contributed by atoms with E-state index < -0.39 is 11.6 Å². The maximum absolute atomic E-state index is 14.1. The average molecular weight is 584 g/mol. The summed E-state index contributed by atoms with van der Waals surface area (Å²) in [6.07, 6.45) is 6.98. The summed E-state index contributed by atoms with van der Waals surface area (Å²) in [6, 6.07) is 23.7. The van der Waals surface area contributed by atoms with Gasteiger partial charge in [0.15, 0.2) is 11.5 Å². The highest BCUT2D eigenvalue weighted by atomic mass is 16.5. The molecule has 1 aliphatic carbocycles. The highest BCUT2D eigenvalue weighted by molar-refractivity contribution is 5.91. The SMILES string of the molecule is COc1ccc(COC(=O)NC(C)(Cc2c[nH]c3ccccc23)C(=O)NCC2(c3ccccc3)CCCCC2)cc1OC. The first-order chi connectivity index (χ1) is 20.9. The number of amides is 2. The summed E-state index contributed by atoms with van der Waals surface area (Å²) in [5.41, 5.74) is 2.48. The average Bonchev–Trinajstić information content (AvgIpc) is 3.45. The number of nitrogens with one attached hydrogen (secondary N) is 3. The number of rotatable bonds is 11. The number of carbonyl (C=O) groups is 2. The van der Waals surface area contributed by atoms with E-state index in [9.17, 15) is 9.59 Å². The van der Waals surface area contributed by atoms with E-state index in [1.54, 1.807) is 39.3 Å². The number of para-hydroxylation sites is 1. The van der Waals surface area contributed by atoms with Gasteiger partial charge >= 0.3 is 6.09 Å². The van der Waals surface area contributed by atoms with Crippen molar-refractivity contribution in [3.63, 3.8) is 0 Å². The van der Waals surface area contributed by atoms with E-state index in [0.29, 0.717) is 18.0 Å². The molecule has 1 saturated carbocycles. The predicted molar refractivity (Wildman–Crippen MR) is 167 cm³/mol. The van der Waals surface area contributed by atoms with Gasteiger partial charge in [-0.15, -0.1) is 0 Å². The number of hydrogen-bond acceptors (Lipinski definition) is 5. The van der Waals surface area contributed by atoms with E-state index in [0.717, 1.165) is 47.7 Å². The largest absolute Gasteiger partial charge is 0.493 e. The minimum Gasteiger partial charge on any atom is -0.493 e. The van der Waals surface area contributed by atoms with E-state index in [4.69, 9.17) is 14.2 Å². The van der Waals surface area contributed by atoms with Crippen LogP contribution in [0.4, 0.5) is 4.79 Å². The molecule has 1 aromatic heterocycles. The van der Waals surface area contributed by atoms with E-state index in [-0.39, 0.29) is 24.3 Å². The fraction of sp³-hybridized carbons (Fsp3) is 0.371. The first kappa shape index (κ1) is 30.0. The number of aromatic amines is 1. The number of fused-ring (bicyclic) bond motifs is 1. The Morgan fingerprint density at radius 1 is 0.907 bits per heavy atom. The Morgan fingerprint density at radius 3 is 2.37 bits per heavy atom. The minimum atomic E-state index is -1.27. The van der Waals surface area contributed by atoms with Gasteiger partial charge in [-0.1, -0.05) is 73.9 Å². The second-order valence-corrected chi connectivity index (χ2v) is 11.6. The molecule has 5 rings (SSSR count). The fourth-order valence-corrected chi connectivity index (χ4v) is 6.25. The van der Waals surface area contributed by atoms with Crippen molar-refractivity contribution in [2.24, 2.45) is 0 Å². The summed E-state index contributed by atoms with van der Waals surface area (Å²) in [7, 11) is 3.12. The molecule has 0 spiro atoms. The maximum Gasteiger partial charge on any atom is 0.408 e.